The smallest absolute Gasteiger partial charge is 0.246 e. The lowest BCUT2D eigenvalue weighted by molar-refractivity contribution is -0.124. The molecule has 1 saturated heterocycles. The predicted octanol–water partition coefficient (Wildman–Crippen LogP) is 6.95. The summed E-state index contributed by atoms with van der Waals surface area (Å²) in [5.74, 6) is 1.76. The Morgan fingerprint density at radius 1 is 0.941 bits per heavy atom. The summed E-state index contributed by atoms with van der Waals surface area (Å²) in [5, 5.41) is 11.9. The van der Waals surface area contributed by atoms with Gasteiger partial charge in [0.1, 0.15) is 17.2 Å². The molecule has 1 aliphatic heterocycles. The quantitative estimate of drug-likeness (QED) is 0.336. The second kappa shape index (κ2) is 9.44. The van der Waals surface area contributed by atoms with Crippen molar-refractivity contribution in [3.8, 4) is 28.4 Å². The number of phenolic OH excluding ortho intramolecular Hbond substituents is 1. The SMILES string of the molecule is Cc1cc2cc(O)ccc2c(Oc2ccc(C=CC(=O)N3CCCC3)cc2)c1-c1ccccc1. The summed E-state index contributed by atoms with van der Waals surface area (Å²) < 4.78 is 6.48. The Labute approximate surface area is 199 Å². The Hall–Kier alpha value is -4.05. The third-order valence-electron chi connectivity index (χ3n) is 6.27. The minimum atomic E-state index is 0.0693. The molecule has 1 fully saturated rings. The number of likely N-dealkylation sites (tertiary alicyclic amines) is 1. The highest BCUT2D eigenvalue weighted by molar-refractivity contribution is 5.97. The zero-order valence-electron chi connectivity index (χ0n) is 19.2. The number of hydrogen-bond acceptors (Lipinski definition) is 3. The molecule has 4 aromatic rings. The molecule has 0 aliphatic carbocycles. The van der Waals surface area contributed by atoms with E-state index in [2.05, 4.69) is 25.1 Å². The van der Waals surface area contributed by atoms with E-state index in [-0.39, 0.29) is 11.7 Å². The van der Waals surface area contributed by atoms with Crippen LogP contribution >= 0.6 is 0 Å². The van der Waals surface area contributed by atoms with Crippen LogP contribution in [0, 0.1) is 6.92 Å². The number of aryl methyl sites for hydroxylation is 1. The number of benzene rings is 4. The van der Waals surface area contributed by atoms with Crippen molar-refractivity contribution in [2.75, 3.05) is 13.1 Å². The Morgan fingerprint density at radius 2 is 1.68 bits per heavy atom. The molecule has 170 valence electrons. The highest BCUT2D eigenvalue weighted by Gasteiger charge is 2.17. The van der Waals surface area contributed by atoms with Gasteiger partial charge in [0, 0.05) is 30.1 Å². The van der Waals surface area contributed by atoms with Gasteiger partial charge >= 0.3 is 0 Å². The van der Waals surface area contributed by atoms with E-state index in [1.54, 1.807) is 18.2 Å². The molecule has 0 unspecified atom stereocenters. The van der Waals surface area contributed by atoms with E-state index in [1.165, 1.54) is 0 Å². The van der Waals surface area contributed by atoms with Crippen molar-refractivity contribution in [1.82, 2.24) is 4.90 Å². The molecule has 4 heteroatoms. The van der Waals surface area contributed by atoms with E-state index in [4.69, 9.17) is 4.74 Å². The Morgan fingerprint density at radius 3 is 2.41 bits per heavy atom. The Bertz CT molecular complexity index is 1350. The molecule has 0 spiro atoms. The normalized spacial score (nSPS) is 13.6. The van der Waals surface area contributed by atoms with Gasteiger partial charge in [-0.05, 0) is 78.2 Å². The molecule has 5 rings (SSSR count). The van der Waals surface area contributed by atoms with Crippen LogP contribution in [0.25, 0.3) is 28.0 Å². The fourth-order valence-electron chi connectivity index (χ4n) is 4.54. The number of carbonyl (C=O) groups excluding carboxylic acids is 1. The maximum absolute atomic E-state index is 12.3. The average molecular weight is 450 g/mol. The van der Waals surface area contributed by atoms with Crippen LogP contribution in [0.1, 0.15) is 24.0 Å². The second-order valence-corrected chi connectivity index (χ2v) is 8.71. The predicted molar refractivity (Wildman–Crippen MR) is 137 cm³/mol. The molecule has 1 amide bonds. The molecule has 4 aromatic carbocycles. The highest BCUT2D eigenvalue weighted by Crippen LogP contribution is 2.42. The first-order chi connectivity index (χ1) is 16.6. The van der Waals surface area contributed by atoms with Crippen molar-refractivity contribution in [2.24, 2.45) is 0 Å². The van der Waals surface area contributed by atoms with Crippen molar-refractivity contribution in [3.63, 3.8) is 0 Å². The molecule has 0 saturated carbocycles. The lowest BCUT2D eigenvalue weighted by Gasteiger charge is -2.17. The first kappa shape index (κ1) is 21.8. The summed E-state index contributed by atoms with van der Waals surface area (Å²) in [6.07, 6.45) is 5.67. The van der Waals surface area contributed by atoms with Crippen LogP contribution in [0.4, 0.5) is 0 Å². The second-order valence-electron chi connectivity index (χ2n) is 8.71. The van der Waals surface area contributed by atoms with Gasteiger partial charge in [0.25, 0.3) is 0 Å². The first-order valence-corrected chi connectivity index (χ1v) is 11.7. The molecular weight excluding hydrogens is 422 g/mol. The van der Waals surface area contributed by atoms with Gasteiger partial charge in [-0.3, -0.25) is 4.79 Å². The van der Waals surface area contributed by atoms with E-state index in [0.717, 1.165) is 64.7 Å². The van der Waals surface area contributed by atoms with E-state index in [0.29, 0.717) is 5.75 Å². The first-order valence-electron chi connectivity index (χ1n) is 11.7. The number of aromatic hydroxyl groups is 1. The van der Waals surface area contributed by atoms with Crippen molar-refractivity contribution < 1.29 is 14.6 Å². The Kier molecular flexibility index (Phi) is 6.05. The number of nitrogens with zero attached hydrogens (tertiary/aromatic N) is 1. The molecule has 0 bridgehead atoms. The van der Waals surface area contributed by atoms with Gasteiger partial charge in [0.15, 0.2) is 0 Å². The van der Waals surface area contributed by atoms with Crippen LogP contribution in [-0.4, -0.2) is 29.0 Å². The number of amides is 1. The summed E-state index contributed by atoms with van der Waals surface area (Å²) >= 11 is 0. The molecule has 1 N–H and O–H groups in total. The molecule has 1 heterocycles. The average Bonchev–Trinajstić information content (AvgIpc) is 3.39. The third-order valence-corrected chi connectivity index (χ3v) is 6.27. The molecule has 34 heavy (non-hydrogen) atoms. The maximum Gasteiger partial charge on any atom is 0.246 e. The van der Waals surface area contributed by atoms with Crippen LogP contribution < -0.4 is 4.74 Å². The summed E-state index contributed by atoms with van der Waals surface area (Å²) in [7, 11) is 0. The minimum absolute atomic E-state index is 0.0693. The third kappa shape index (κ3) is 4.53. The Balaban J connectivity index is 1.47. The number of carbonyl (C=O) groups is 1. The van der Waals surface area contributed by atoms with Crippen LogP contribution in [0.3, 0.4) is 0 Å². The monoisotopic (exact) mass is 449 g/mol. The summed E-state index contributed by atoms with van der Waals surface area (Å²) in [6.45, 7) is 3.76. The largest absolute Gasteiger partial charge is 0.508 e. The molecule has 1 aliphatic rings. The standard InChI is InChI=1S/C30H27NO3/c1-21-19-24-20-25(32)12-15-27(24)30(29(21)23-7-3-2-4-8-23)34-26-13-9-22(10-14-26)11-16-28(33)31-17-5-6-18-31/h2-4,7-16,19-20,32H,5-6,17-18H2,1H3. The molecule has 4 nitrogen and oxygen atoms in total. The topological polar surface area (TPSA) is 49.8 Å². The maximum atomic E-state index is 12.3. The summed E-state index contributed by atoms with van der Waals surface area (Å²) in [5.41, 5.74) is 4.12. The van der Waals surface area contributed by atoms with Gasteiger partial charge in [0.2, 0.25) is 5.91 Å². The van der Waals surface area contributed by atoms with Gasteiger partial charge < -0.3 is 14.7 Å². The zero-order valence-corrected chi connectivity index (χ0v) is 19.2. The summed E-state index contributed by atoms with van der Waals surface area (Å²) in [4.78, 5) is 14.2. The fraction of sp³-hybridized carbons (Fsp3) is 0.167. The number of phenols is 1. The lowest BCUT2D eigenvalue weighted by atomic mass is 9.94. The minimum Gasteiger partial charge on any atom is -0.508 e. The molecule has 0 atom stereocenters. The van der Waals surface area contributed by atoms with Crippen molar-refractivity contribution in [1.29, 1.82) is 0 Å². The molecule has 0 radical (unpaired) electrons. The lowest BCUT2D eigenvalue weighted by Crippen LogP contribution is -2.25. The van der Waals surface area contributed by atoms with Crippen LogP contribution in [0.15, 0.2) is 84.9 Å². The van der Waals surface area contributed by atoms with Crippen molar-refractivity contribution >= 4 is 22.8 Å². The van der Waals surface area contributed by atoms with Gasteiger partial charge in [-0.1, -0.05) is 48.5 Å². The van der Waals surface area contributed by atoms with Crippen molar-refractivity contribution in [2.45, 2.75) is 19.8 Å². The highest BCUT2D eigenvalue weighted by atomic mass is 16.5. The van der Waals surface area contributed by atoms with E-state index < -0.39 is 0 Å². The fourth-order valence-corrected chi connectivity index (χ4v) is 4.54. The van der Waals surface area contributed by atoms with Crippen molar-refractivity contribution in [3.05, 3.63) is 96.1 Å². The van der Waals surface area contributed by atoms with E-state index in [1.807, 2.05) is 59.5 Å². The number of fused-ring (bicyclic) bond motifs is 1. The molecular formula is C30H27NO3. The number of rotatable bonds is 5. The van der Waals surface area contributed by atoms with Gasteiger partial charge in [-0.2, -0.15) is 0 Å². The molecule has 0 aromatic heterocycles. The van der Waals surface area contributed by atoms with E-state index >= 15 is 0 Å². The van der Waals surface area contributed by atoms with Crippen LogP contribution in [0.2, 0.25) is 0 Å². The van der Waals surface area contributed by atoms with Gasteiger partial charge in [0.05, 0.1) is 0 Å². The van der Waals surface area contributed by atoms with Gasteiger partial charge in [-0.15, -0.1) is 0 Å². The van der Waals surface area contributed by atoms with Crippen LogP contribution in [0.5, 0.6) is 17.2 Å². The van der Waals surface area contributed by atoms with Crippen LogP contribution in [-0.2, 0) is 4.79 Å². The van der Waals surface area contributed by atoms with Gasteiger partial charge in [-0.25, -0.2) is 0 Å². The van der Waals surface area contributed by atoms with E-state index in [9.17, 15) is 9.90 Å². The number of ether oxygens (including phenoxy) is 1. The number of hydrogen-bond donors (Lipinski definition) is 1. The summed E-state index contributed by atoms with van der Waals surface area (Å²) in [6, 6.07) is 25.4. The zero-order chi connectivity index (χ0) is 23.5.